The summed E-state index contributed by atoms with van der Waals surface area (Å²) in [6, 6.07) is 0.523. The molecular formula is C7H15NY-2. The Morgan fingerprint density at radius 3 is 2.22 bits per heavy atom. The molecule has 0 aromatic rings. The predicted molar refractivity (Wildman–Crippen MR) is 37.3 cm³/mol. The Morgan fingerprint density at radius 2 is 2.11 bits per heavy atom. The van der Waals surface area contributed by atoms with Crippen molar-refractivity contribution in [3.63, 3.8) is 0 Å². The van der Waals surface area contributed by atoms with Gasteiger partial charge in [0.2, 0.25) is 0 Å². The van der Waals surface area contributed by atoms with Gasteiger partial charge < -0.3 is 19.7 Å². The average Bonchev–Trinajstić information content (AvgIpc) is 1.87. The number of nitrogens with one attached hydrogen (secondary N) is 1. The summed E-state index contributed by atoms with van der Waals surface area (Å²) in [5, 5.41) is 3.26. The molecule has 1 nitrogen and oxygen atoms in total. The summed E-state index contributed by atoms with van der Waals surface area (Å²) in [5.74, 6) is 0.850. The third-order valence-corrected chi connectivity index (χ3v) is 1.44. The van der Waals surface area contributed by atoms with Gasteiger partial charge in [-0.05, 0) is 12.5 Å². The van der Waals surface area contributed by atoms with Crippen molar-refractivity contribution >= 4 is 0 Å². The molecule has 0 spiro atoms. The van der Waals surface area contributed by atoms with E-state index in [-0.39, 0.29) is 40.1 Å². The van der Waals surface area contributed by atoms with Crippen LogP contribution >= 0.6 is 0 Å². The van der Waals surface area contributed by atoms with Gasteiger partial charge in [-0.1, -0.05) is 13.3 Å². The van der Waals surface area contributed by atoms with E-state index < -0.39 is 0 Å². The van der Waals surface area contributed by atoms with Crippen LogP contribution in [0.4, 0.5) is 0 Å². The molecule has 1 N–H and O–H groups in total. The van der Waals surface area contributed by atoms with Crippen molar-refractivity contribution in [2.24, 2.45) is 5.92 Å². The molecule has 1 aliphatic heterocycles. The van der Waals surface area contributed by atoms with Crippen LogP contribution in [0.25, 0.3) is 0 Å². The van der Waals surface area contributed by atoms with Crippen LogP contribution in [0.1, 0.15) is 13.3 Å². The third-order valence-electron chi connectivity index (χ3n) is 1.44. The first-order valence-corrected chi connectivity index (χ1v) is 2.85. The third kappa shape index (κ3) is 4.47. The first-order valence-electron chi connectivity index (χ1n) is 2.85. The van der Waals surface area contributed by atoms with Crippen molar-refractivity contribution in [2.45, 2.75) is 19.4 Å². The topological polar surface area (TPSA) is 12.0 Å². The van der Waals surface area contributed by atoms with Crippen molar-refractivity contribution in [1.29, 1.82) is 0 Å². The van der Waals surface area contributed by atoms with Gasteiger partial charge in [0.05, 0.1) is 0 Å². The Labute approximate surface area is 83.9 Å². The molecule has 1 radical (unpaired) electrons. The van der Waals surface area contributed by atoms with E-state index in [0.717, 1.165) is 12.5 Å². The van der Waals surface area contributed by atoms with E-state index >= 15 is 0 Å². The van der Waals surface area contributed by atoms with Crippen LogP contribution in [-0.2, 0) is 32.7 Å². The predicted octanol–water partition coefficient (Wildman–Crippen LogP) is 1.27. The summed E-state index contributed by atoms with van der Waals surface area (Å²) in [4.78, 5) is 0. The maximum Gasteiger partial charge on any atom is 0 e. The molecule has 1 fully saturated rings. The van der Waals surface area contributed by atoms with Crippen LogP contribution in [0, 0.1) is 20.3 Å². The van der Waals surface area contributed by atoms with Crippen molar-refractivity contribution in [3.05, 3.63) is 14.4 Å². The van der Waals surface area contributed by atoms with E-state index in [1.165, 1.54) is 6.42 Å². The quantitative estimate of drug-likeness (QED) is 0.583. The molecular weight excluding hydrogens is 187 g/mol. The van der Waals surface area contributed by atoms with E-state index in [9.17, 15) is 0 Å². The first-order chi connectivity index (χ1) is 3.29. The summed E-state index contributed by atoms with van der Waals surface area (Å²) >= 11 is 0. The maximum absolute atomic E-state index is 3.88. The average molecular weight is 202 g/mol. The molecule has 0 aliphatic carbocycles. The smallest absolute Gasteiger partial charge is 0 e. The van der Waals surface area contributed by atoms with Gasteiger partial charge in [-0.25, -0.2) is 0 Å². The fourth-order valence-electron chi connectivity index (χ4n) is 1.02. The molecule has 2 atom stereocenters. The molecule has 1 aliphatic rings. The molecule has 1 rings (SSSR count). The largest absolute Gasteiger partial charge is 0.358 e. The van der Waals surface area contributed by atoms with E-state index in [1.807, 2.05) is 0 Å². The molecule has 1 heterocycles. The van der Waals surface area contributed by atoms with Gasteiger partial charge in [-0.3, -0.25) is 0 Å². The Hall–Kier alpha value is 1.06. The van der Waals surface area contributed by atoms with Crippen molar-refractivity contribution in [1.82, 2.24) is 5.32 Å². The molecule has 1 saturated heterocycles. The van der Waals surface area contributed by atoms with Crippen molar-refractivity contribution in [2.75, 3.05) is 6.54 Å². The van der Waals surface area contributed by atoms with Crippen LogP contribution in [0.3, 0.4) is 0 Å². The molecule has 9 heavy (non-hydrogen) atoms. The summed E-state index contributed by atoms with van der Waals surface area (Å²) in [7, 11) is 0. The van der Waals surface area contributed by atoms with Gasteiger partial charge in [-0.15, -0.1) is 6.04 Å². The Balaban J connectivity index is 0. The summed E-state index contributed by atoms with van der Waals surface area (Å²) in [6.45, 7) is 7.29. The second-order valence-electron chi connectivity index (χ2n) is 2.45. The second kappa shape index (κ2) is 5.82. The number of hydrogen-bond acceptors (Lipinski definition) is 1. The SMILES string of the molecule is [CH2-]C1CC(C)CN1.[CH3-].[Y]. The standard InChI is InChI=1S/C6H12N.CH3.Y/c1-5-3-6(2)7-4-5;;/h5-7H,2-4H2,1H3;1H3;/q2*-1;. The Morgan fingerprint density at radius 1 is 1.56 bits per heavy atom. The summed E-state index contributed by atoms with van der Waals surface area (Å²) < 4.78 is 0. The fourth-order valence-corrected chi connectivity index (χ4v) is 1.02. The van der Waals surface area contributed by atoms with Crippen LogP contribution in [0.2, 0.25) is 0 Å². The van der Waals surface area contributed by atoms with Crippen LogP contribution in [0.5, 0.6) is 0 Å². The monoisotopic (exact) mass is 202 g/mol. The van der Waals surface area contributed by atoms with E-state index in [2.05, 4.69) is 19.2 Å². The number of hydrogen-bond donors (Lipinski definition) is 1. The summed E-state index contributed by atoms with van der Waals surface area (Å²) in [5.41, 5.74) is 0. The van der Waals surface area contributed by atoms with Crippen molar-refractivity contribution in [3.8, 4) is 0 Å². The molecule has 0 saturated carbocycles. The zero-order chi connectivity index (χ0) is 5.28. The minimum absolute atomic E-state index is 0. The zero-order valence-electron chi connectivity index (χ0n) is 6.35. The van der Waals surface area contributed by atoms with Gasteiger partial charge in [0.25, 0.3) is 0 Å². The van der Waals surface area contributed by atoms with Gasteiger partial charge >= 0.3 is 0 Å². The van der Waals surface area contributed by atoms with Gasteiger partial charge in [-0.2, -0.15) is 0 Å². The Bertz CT molecular complexity index is 57.9. The van der Waals surface area contributed by atoms with E-state index in [4.69, 9.17) is 0 Å². The van der Waals surface area contributed by atoms with Gasteiger partial charge in [0.15, 0.2) is 0 Å². The number of rotatable bonds is 0. The molecule has 0 amide bonds. The zero-order valence-corrected chi connectivity index (χ0v) is 9.19. The fraction of sp³-hybridized carbons (Fsp3) is 0.714. The normalized spacial score (nSPS) is 32.7. The molecule has 2 unspecified atom stereocenters. The summed E-state index contributed by atoms with van der Waals surface area (Å²) in [6.07, 6.45) is 1.25. The second-order valence-corrected chi connectivity index (χ2v) is 2.45. The van der Waals surface area contributed by atoms with E-state index in [0.29, 0.717) is 6.04 Å². The molecule has 0 bridgehead atoms. The first kappa shape index (κ1) is 12.7. The minimum Gasteiger partial charge on any atom is -0.358 e. The van der Waals surface area contributed by atoms with Crippen LogP contribution in [-0.4, -0.2) is 12.6 Å². The Kier molecular flexibility index (Phi) is 8.22. The van der Waals surface area contributed by atoms with E-state index in [1.54, 1.807) is 0 Å². The van der Waals surface area contributed by atoms with Gasteiger partial charge in [0, 0.05) is 32.7 Å². The van der Waals surface area contributed by atoms with Crippen molar-refractivity contribution < 1.29 is 32.7 Å². The molecule has 0 aromatic carbocycles. The maximum atomic E-state index is 3.88. The molecule has 53 valence electrons. The molecule has 0 aromatic heterocycles. The minimum atomic E-state index is 0. The van der Waals surface area contributed by atoms with Gasteiger partial charge in [0.1, 0.15) is 0 Å². The van der Waals surface area contributed by atoms with Crippen LogP contribution in [0.15, 0.2) is 0 Å². The van der Waals surface area contributed by atoms with Crippen LogP contribution < -0.4 is 5.32 Å². The molecule has 2 heteroatoms.